The summed E-state index contributed by atoms with van der Waals surface area (Å²) in [6.07, 6.45) is 1.37. The van der Waals surface area contributed by atoms with Crippen LogP contribution in [0.2, 0.25) is 5.02 Å². The van der Waals surface area contributed by atoms with E-state index in [4.69, 9.17) is 20.8 Å². The van der Waals surface area contributed by atoms with Crippen LogP contribution in [0.4, 0.5) is 4.39 Å². The molecule has 0 radical (unpaired) electrons. The van der Waals surface area contributed by atoms with Crippen LogP contribution in [0.1, 0.15) is 26.7 Å². The first-order chi connectivity index (χ1) is 12.3. The van der Waals surface area contributed by atoms with E-state index >= 15 is 0 Å². The van der Waals surface area contributed by atoms with Crippen molar-refractivity contribution in [1.29, 1.82) is 0 Å². The normalized spacial score (nSPS) is 11.6. The highest BCUT2D eigenvalue weighted by Crippen LogP contribution is 2.23. The second-order valence-electron chi connectivity index (χ2n) is 6.51. The molecule has 2 aromatic heterocycles. The van der Waals surface area contributed by atoms with Gasteiger partial charge in [-0.15, -0.1) is 10.2 Å². The van der Waals surface area contributed by atoms with Gasteiger partial charge in [0.25, 0.3) is 11.4 Å². The number of aromatic nitrogens is 4. The number of benzene rings is 1. The molecule has 0 bridgehead atoms. The molecule has 0 aliphatic rings. The number of rotatable bonds is 4. The van der Waals surface area contributed by atoms with E-state index in [1.165, 1.54) is 35.1 Å². The molecule has 7 nitrogen and oxygen atoms in total. The Hall–Kier alpha value is -2.74. The third-order valence-corrected chi connectivity index (χ3v) is 3.78. The monoisotopic (exact) mass is 378 g/mol. The zero-order valence-corrected chi connectivity index (χ0v) is 15.1. The molecule has 0 unspecified atom stereocenters. The molecular weight excluding hydrogens is 363 g/mol. The molecule has 0 aliphatic heterocycles. The van der Waals surface area contributed by atoms with Gasteiger partial charge in [0.2, 0.25) is 5.89 Å². The van der Waals surface area contributed by atoms with E-state index in [9.17, 15) is 9.18 Å². The van der Waals surface area contributed by atoms with E-state index in [1.807, 2.05) is 20.8 Å². The Morgan fingerprint density at radius 1 is 1.23 bits per heavy atom. The summed E-state index contributed by atoms with van der Waals surface area (Å²) in [5.74, 6) is 0.180. The second kappa shape index (κ2) is 6.87. The van der Waals surface area contributed by atoms with E-state index < -0.39 is 11.1 Å². The van der Waals surface area contributed by atoms with Gasteiger partial charge in [-0.05, 0) is 45.0 Å². The van der Waals surface area contributed by atoms with E-state index in [0.717, 1.165) is 0 Å². The van der Waals surface area contributed by atoms with Crippen molar-refractivity contribution in [2.24, 2.45) is 0 Å². The first-order valence-corrected chi connectivity index (χ1v) is 8.13. The van der Waals surface area contributed by atoms with Crippen molar-refractivity contribution in [3.63, 3.8) is 0 Å². The van der Waals surface area contributed by atoms with E-state index in [1.54, 1.807) is 0 Å². The fourth-order valence-corrected chi connectivity index (χ4v) is 2.34. The molecule has 3 aromatic rings. The molecule has 0 amide bonds. The number of hydrogen-bond acceptors (Lipinski definition) is 6. The summed E-state index contributed by atoms with van der Waals surface area (Å²) in [7, 11) is 0. The molecule has 26 heavy (non-hydrogen) atoms. The number of ether oxygens (including phenoxy) is 1. The van der Waals surface area contributed by atoms with Crippen molar-refractivity contribution in [2.45, 2.75) is 32.9 Å². The summed E-state index contributed by atoms with van der Waals surface area (Å²) in [6.45, 7) is 5.43. The Morgan fingerprint density at radius 3 is 2.58 bits per heavy atom. The van der Waals surface area contributed by atoms with Gasteiger partial charge >= 0.3 is 0 Å². The summed E-state index contributed by atoms with van der Waals surface area (Å²) in [4.78, 5) is 12.3. The lowest BCUT2D eigenvalue weighted by atomic mass is 10.1. The van der Waals surface area contributed by atoms with Crippen LogP contribution in [-0.4, -0.2) is 20.0 Å². The second-order valence-corrected chi connectivity index (χ2v) is 6.89. The Bertz CT molecular complexity index is 977. The fourth-order valence-electron chi connectivity index (χ4n) is 2.16. The van der Waals surface area contributed by atoms with Crippen LogP contribution in [0, 0.1) is 5.82 Å². The standard InChI is InChI=1S/C17H16ClFN4O3/c1-17(2,3)23-16(24)14(18)12(8-20-23)25-9-13-21-22-15(26-13)10-4-6-11(19)7-5-10/h4-8H,9H2,1-3H3. The maximum absolute atomic E-state index is 13.0. The molecule has 0 N–H and O–H groups in total. The lowest BCUT2D eigenvalue weighted by molar-refractivity contribution is 0.258. The minimum absolute atomic E-state index is 0.0757. The van der Waals surface area contributed by atoms with E-state index in [2.05, 4.69) is 15.3 Å². The lowest BCUT2D eigenvalue weighted by Gasteiger charge is -2.20. The molecule has 136 valence electrons. The fraction of sp³-hybridized carbons (Fsp3) is 0.294. The smallest absolute Gasteiger partial charge is 0.289 e. The summed E-state index contributed by atoms with van der Waals surface area (Å²) >= 11 is 6.09. The Morgan fingerprint density at radius 2 is 1.92 bits per heavy atom. The van der Waals surface area contributed by atoms with Crippen LogP contribution < -0.4 is 10.3 Å². The van der Waals surface area contributed by atoms with Crippen LogP contribution in [0.3, 0.4) is 0 Å². The van der Waals surface area contributed by atoms with Crippen LogP contribution in [0.15, 0.2) is 39.7 Å². The van der Waals surface area contributed by atoms with Crippen molar-refractivity contribution < 1.29 is 13.5 Å². The summed E-state index contributed by atoms with van der Waals surface area (Å²) in [5, 5.41) is 11.7. The third-order valence-electron chi connectivity index (χ3n) is 3.43. The maximum Gasteiger partial charge on any atom is 0.289 e. The van der Waals surface area contributed by atoms with Gasteiger partial charge in [-0.25, -0.2) is 9.07 Å². The SMILES string of the molecule is CC(C)(C)n1ncc(OCc2nnc(-c3ccc(F)cc3)o2)c(Cl)c1=O. The zero-order chi connectivity index (χ0) is 18.9. The predicted octanol–water partition coefficient (Wildman–Crippen LogP) is 3.42. The summed E-state index contributed by atoms with van der Waals surface area (Å²) in [6, 6.07) is 5.65. The molecule has 0 atom stereocenters. The summed E-state index contributed by atoms with van der Waals surface area (Å²) in [5.41, 5.74) is -0.373. The number of nitrogens with zero attached hydrogens (tertiary/aromatic N) is 4. The summed E-state index contributed by atoms with van der Waals surface area (Å²) < 4.78 is 25.2. The quantitative estimate of drug-likeness (QED) is 0.691. The first-order valence-electron chi connectivity index (χ1n) is 7.75. The van der Waals surface area contributed by atoms with Crippen LogP contribution >= 0.6 is 11.6 Å². The average molecular weight is 379 g/mol. The van der Waals surface area contributed by atoms with Gasteiger partial charge in [0, 0.05) is 5.56 Å². The zero-order valence-electron chi connectivity index (χ0n) is 14.4. The number of halogens is 2. The van der Waals surface area contributed by atoms with E-state index in [0.29, 0.717) is 5.56 Å². The van der Waals surface area contributed by atoms with Crippen molar-refractivity contribution in [3.05, 3.63) is 57.5 Å². The van der Waals surface area contributed by atoms with Gasteiger partial charge in [-0.3, -0.25) is 4.79 Å². The molecule has 0 fully saturated rings. The van der Waals surface area contributed by atoms with Gasteiger partial charge in [-0.2, -0.15) is 5.10 Å². The average Bonchev–Trinajstić information content (AvgIpc) is 3.04. The molecule has 0 aliphatic carbocycles. The maximum atomic E-state index is 13.0. The minimum Gasteiger partial charge on any atom is -0.480 e. The van der Waals surface area contributed by atoms with Crippen molar-refractivity contribution in [3.8, 4) is 17.2 Å². The largest absolute Gasteiger partial charge is 0.480 e. The Balaban J connectivity index is 1.75. The minimum atomic E-state index is -0.504. The van der Waals surface area contributed by atoms with Crippen molar-refractivity contribution in [1.82, 2.24) is 20.0 Å². The number of hydrogen-bond donors (Lipinski definition) is 0. The van der Waals surface area contributed by atoms with Gasteiger partial charge < -0.3 is 9.15 Å². The Kier molecular flexibility index (Phi) is 4.78. The molecule has 0 spiro atoms. The van der Waals surface area contributed by atoms with Gasteiger partial charge in [-0.1, -0.05) is 11.6 Å². The topological polar surface area (TPSA) is 83.0 Å². The van der Waals surface area contributed by atoms with Gasteiger partial charge in [0.05, 0.1) is 11.7 Å². The third kappa shape index (κ3) is 3.75. The van der Waals surface area contributed by atoms with Gasteiger partial charge in [0.15, 0.2) is 17.4 Å². The van der Waals surface area contributed by atoms with Crippen LogP contribution in [-0.2, 0) is 12.1 Å². The molecule has 2 heterocycles. The predicted molar refractivity (Wildman–Crippen MR) is 92.5 cm³/mol. The van der Waals surface area contributed by atoms with Crippen molar-refractivity contribution >= 4 is 11.6 Å². The molecule has 3 rings (SSSR count). The molecule has 1 aromatic carbocycles. The highest BCUT2D eigenvalue weighted by Gasteiger charge is 2.20. The van der Waals surface area contributed by atoms with E-state index in [-0.39, 0.29) is 35.0 Å². The van der Waals surface area contributed by atoms with Crippen LogP contribution in [0.5, 0.6) is 5.75 Å². The van der Waals surface area contributed by atoms with Crippen LogP contribution in [0.25, 0.3) is 11.5 Å². The first kappa shape index (κ1) is 18.1. The molecule has 0 saturated carbocycles. The lowest BCUT2D eigenvalue weighted by Crippen LogP contribution is -2.36. The van der Waals surface area contributed by atoms with Crippen molar-refractivity contribution in [2.75, 3.05) is 0 Å². The van der Waals surface area contributed by atoms with Gasteiger partial charge in [0.1, 0.15) is 5.82 Å². The molecular formula is C17H16ClFN4O3. The highest BCUT2D eigenvalue weighted by molar-refractivity contribution is 6.31. The molecule has 9 heteroatoms. The Labute approximate surface area is 153 Å². The molecule has 0 saturated heterocycles. The highest BCUT2D eigenvalue weighted by atomic mass is 35.5.